The number of halogens is 1. The summed E-state index contributed by atoms with van der Waals surface area (Å²) in [5.41, 5.74) is 0.130. The molecule has 1 aromatic carbocycles. The number of carbonyl (C=O) groups excluding carboxylic acids is 1. The van der Waals surface area contributed by atoms with E-state index >= 15 is 0 Å². The summed E-state index contributed by atoms with van der Waals surface area (Å²) in [4.78, 5) is 14.4. The van der Waals surface area contributed by atoms with Crippen LogP contribution in [-0.4, -0.2) is 48.3 Å². The van der Waals surface area contributed by atoms with Crippen LogP contribution in [0.25, 0.3) is 0 Å². The molecule has 0 spiro atoms. The Hall–Kier alpha value is -1.19. The first kappa shape index (κ1) is 14.7. The standard InChI is InChI=1S/C15H20FN2O2P/c1-9-13-8-17(21)6-10(13)7-18(9)15(19)12-4-3-11(20-2)5-14(12)16/h3-5,9-10,13H,6-8,21H2,1-2H3. The molecule has 6 heteroatoms. The number of hydrogen-bond donors (Lipinski definition) is 0. The van der Waals surface area contributed by atoms with Crippen LogP contribution >= 0.6 is 9.39 Å². The minimum absolute atomic E-state index is 0.130. The summed E-state index contributed by atoms with van der Waals surface area (Å²) < 4.78 is 21.3. The fraction of sp³-hybridized carbons (Fsp3) is 0.533. The molecule has 1 amide bonds. The number of benzene rings is 1. The number of fused-ring (bicyclic) bond motifs is 1. The summed E-state index contributed by atoms with van der Waals surface area (Å²) in [7, 11) is 4.21. The van der Waals surface area contributed by atoms with Gasteiger partial charge >= 0.3 is 0 Å². The van der Waals surface area contributed by atoms with Crippen LogP contribution in [0.15, 0.2) is 18.2 Å². The van der Waals surface area contributed by atoms with Gasteiger partial charge in [-0.15, -0.1) is 0 Å². The highest BCUT2D eigenvalue weighted by Gasteiger charge is 2.46. The van der Waals surface area contributed by atoms with Crippen LogP contribution in [0.3, 0.4) is 0 Å². The van der Waals surface area contributed by atoms with Gasteiger partial charge in [-0.3, -0.25) is 9.46 Å². The highest BCUT2D eigenvalue weighted by Crippen LogP contribution is 2.38. The fourth-order valence-electron chi connectivity index (χ4n) is 3.54. The molecule has 0 N–H and O–H groups in total. The molecule has 0 aromatic heterocycles. The molecule has 4 atom stereocenters. The van der Waals surface area contributed by atoms with Gasteiger partial charge in [-0.25, -0.2) is 4.39 Å². The van der Waals surface area contributed by atoms with Crippen molar-refractivity contribution in [3.8, 4) is 5.75 Å². The molecule has 0 bridgehead atoms. The van der Waals surface area contributed by atoms with Gasteiger partial charge in [0, 0.05) is 31.7 Å². The lowest BCUT2D eigenvalue weighted by Gasteiger charge is -2.26. The molecule has 4 nitrogen and oxygen atoms in total. The number of amides is 1. The van der Waals surface area contributed by atoms with E-state index in [1.165, 1.54) is 19.2 Å². The lowest BCUT2D eigenvalue weighted by atomic mass is 9.95. The predicted octanol–water partition coefficient (Wildman–Crippen LogP) is 2.02. The van der Waals surface area contributed by atoms with E-state index in [1.54, 1.807) is 6.07 Å². The molecule has 4 unspecified atom stereocenters. The predicted molar refractivity (Wildman–Crippen MR) is 81.7 cm³/mol. The smallest absolute Gasteiger partial charge is 0.257 e. The summed E-state index contributed by atoms with van der Waals surface area (Å²) in [5.74, 6) is 0.660. The van der Waals surface area contributed by atoms with Gasteiger partial charge < -0.3 is 9.64 Å². The topological polar surface area (TPSA) is 32.8 Å². The quantitative estimate of drug-likeness (QED) is 0.784. The third-order valence-corrected chi connectivity index (χ3v) is 5.15. The Morgan fingerprint density at radius 3 is 2.76 bits per heavy atom. The highest BCUT2D eigenvalue weighted by molar-refractivity contribution is 7.13. The van der Waals surface area contributed by atoms with Gasteiger partial charge in [0.15, 0.2) is 0 Å². The average molecular weight is 310 g/mol. The average Bonchev–Trinajstić information content (AvgIpc) is 2.96. The summed E-state index contributed by atoms with van der Waals surface area (Å²) in [6.45, 7) is 4.73. The van der Waals surface area contributed by atoms with Gasteiger partial charge in [0.1, 0.15) is 11.6 Å². The van der Waals surface area contributed by atoms with Crippen molar-refractivity contribution in [3.05, 3.63) is 29.6 Å². The van der Waals surface area contributed by atoms with Crippen LogP contribution in [0.4, 0.5) is 4.39 Å². The number of nitrogens with zero attached hydrogens (tertiary/aromatic N) is 2. The molecule has 3 rings (SSSR count). The molecule has 0 radical (unpaired) electrons. The Morgan fingerprint density at radius 1 is 1.38 bits per heavy atom. The van der Waals surface area contributed by atoms with Crippen molar-refractivity contribution in [1.82, 2.24) is 9.57 Å². The van der Waals surface area contributed by atoms with E-state index in [9.17, 15) is 9.18 Å². The van der Waals surface area contributed by atoms with E-state index < -0.39 is 5.82 Å². The molecular weight excluding hydrogens is 290 g/mol. The lowest BCUT2D eigenvalue weighted by molar-refractivity contribution is 0.0719. The Labute approximate surface area is 126 Å². The van der Waals surface area contributed by atoms with Crippen LogP contribution in [0.2, 0.25) is 0 Å². The Balaban J connectivity index is 1.80. The van der Waals surface area contributed by atoms with Crippen LogP contribution in [0, 0.1) is 17.7 Å². The Bertz CT molecular complexity index is 569. The first-order valence-corrected chi connectivity index (χ1v) is 7.67. The molecule has 2 aliphatic rings. The Morgan fingerprint density at radius 2 is 2.14 bits per heavy atom. The number of likely N-dealkylation sites (tertiary alicyclic amines) is 1. The SMILES string of the molecule is COc1ccc(C(=O)N2CC3CN(P)CC3C2C)c(F)c1. The number of ether oxygens (including phenoxy) is 1. The summed E-state index contributed by atoms with van der Waals surface area (Å²) >= 11 is 0. The second-order valence-corrected chi connectivity index (χ2v) is 6.65. The van der Waals surface area contributed by atoms with Crippen molar-refractivity contribution in [1.29, 1.82) is 0 Å². The van der Waals surface area contributed by atoms with E-state index in [1.807, 2.05) is 4.90 Å². The molecule has 2 heterocycles. The molecule has 114 valence electrons. The number of rotatable bonds is 2. The summed E-state index contributed by atoms with van der Waals surface area (Å²) in [5, 5.41) is 0. The maximum atomic E-state index is 14.1. The van der Waals surface area contributed by atoms with E-state index in [0.29, 0.717) is 24.1 Å². The third kappa shape index (κ3) is 2.53. The van der Waals surface area contributed by atoms with Crippen molar-refractivity contribution < 1.29 is 13.9 Å². The van der Waals surface area contributed by atoms with Gasteiger partial charge in [0.05, 0.1) is 12.7 Å². The monoisotopic (exact) mass is 310 g/mol. The molecule has 0 aliphatic carbocycles. The maximum Gasteiger partial charge on any atom is 0.257 e. The summed E-state index contributed by atoms with van der Waals surface area (Å²) in [6, 6.07) is 4.55. The lowest BCUT2D eigenvalue weighted by Crippen LogP contribution is -2.38. The van der Waals surface area contributed by atoms with Crippen molar-refractivity contribution in [2.24, 2.45) is 11.8 Å². The van der Waals surface area contributed by atoms with Crippen molar-refractivity contribution in [2.45, 2.75) is 13.0 Å². The normalized spacial score (nSPS) is 28.8. The second kappa shape index (κ2) is 5.54. The maximum absolute atomic E-state index is 14.1. The zero-order valence-corrected chi connectivity index (χ0v) is 13.4. The Kier molecular flexibility index (Phi) is 3.89. The molecule has 2 saturated heterocycles. The second-order valence-electron chi connectivity index (χ2n) is 5.92. The van der Waals surface area contributed by atoms with Gasteiger partial charge in [-0.2, -0.15) is 0 Å². The molecule has 2 fully saturated rings. The zero-order chi connectivity index (χ0) is 15.1. The fourth-order valence-corrected chi connectivity index (χ4v) is 4.05. The number of hydrogen-bond acceptors (Lipinski definition) is 3. The molecule has 0 saturated carbocycles. The van der Waals surface area contributed by atoms with Crippen molar-refractivity contribution >= 4 is 15.3 Å². The van der Waals surface area contributed by atoms with Gasteiger partial charge in [0.2, 0.25) is 0 Å². The molecule has 2 aliphatic heterocycles. The number of carbonyl (C=O) groups is 1. The minimum atomic E-state index is -0.517. The van der Waals surface area contributed by atoms with Crippen LogP contribution in [0.5, 0.6) is 5.75 Å². The van der Waals surface area contributed by atoms with Crippen LogP contribution < -0.4 is 4.74 Å². The van der Waals surface area contributed by atoms with E-state index in [0.717, 1.165) is 13.1 Å². The number of methoxy groups -OCH3 is 1. The van der Waals surface area contributed by atoms with Crippen molar-refractivity contribution in [3.63, 3.8) is 0 Å². The zero-order valence-electron chi connectivity index (χ0n) is 12.3. The van der Waals surface area contributed by atoms with Gasteiger partial charge in [-0.1, -0.05) is 9.39 Å². The van der Waals surface area contributed by atoms with Crippen LogP contribution in [0.1, 0.15) is 17.3 Å². The highest BCUT2D eigenvalue weighted by atomic mass is 31.0. The van der Waals surface area contributed by atoms with E-state index in [-0.39, 0.29) is 17.5 Å². The largest absolute Gasteiger partial charge is 0.497 e. The van der Waals surface area contributed by atoms with Gasteiger partial charge in [0.25, 0.3) is 5.91 Å². The van der Waals surface area contributed by atoms with E-state index in [2.05, 4.69) is 21.0 Å². The first-order chi connectivity index (χ1) is 10.0. The summed E-state index contributed by atoms with van der Waals surface area (Å²) in [6.07, 6.45) is 0. The first-order valence-electron chi connectivity index (χ1n) is 7.15. The minimum Gasteiger partial charge on any atom is -0.497 e. The third-order valence-electron chi connectivity index (χ3n) is 4.73. The van der Waals surface area contributed by atoms with Gasteiger partial charge in [-0.05, 0) is 30.9 Å². The van der Waals surface area contributed by atoms with E-state index in [4.69, 9.17) is 4.74 Å². The molecular formula is C15H20FN2O2P. The van der Waals surface area contributed by atoms with Crippen molar-refractivity contribution in [2.75, 3.05) is 26.7 Å². The van der Waals surface area contributed by atoms with Crippen LogP contribution in [-0.2, 0) is 0 Å². The molecule has 1 aromatic rings. The molecule has 21 heavy (non-hydrogen) atoms.